The molecule has 0 fully saturated rings. The molecule has 12 heavy (non-hydrogen) atoms. The summed E-state index contributed by atoms with van der Waals surface area (Å²) in [5.74, 6) is -0.333. The summed E-state index contributed by atoms with van der Waals surface area (Å²) < 4.78 is 31.5. The zero-order valence-electron chi connectivity index (χ0n) is 6.81. The lowest BCUT2D eigenvalue weighted by molar-refractivity contribution is 0.213. The lowest BCUT2D eigenvalue weighted by Gasteiger charge is -1.99. The van der Waals surface area contributed by atoms with Gasteiger partial charge in [-0.05, 0) is 13.8 Å². The van der Waals surface area contributed by atoms with Crippen molar-refractivity contribution in [1.82, 2.24) is 0 Å². The van der Waals surface area contributed by atoms with Gasteiger partial charge in [-0.15, -0.1) is 0 Å². The number of hydrogen-bond acceptors (Lipinski definition) is 4. The van der Waals surface area contributed by atoms with Crippen LogP contribution in [-0.2, 0) is 14.6 Å². The zero-order valence-corrected chi connectivity index (χ0v) is 7.63. The third-order valence-electron chi connectivity index (χ3n) is 0.314. The van der Waals surface area contributed by atoms with E-state index in [0.717, 1.165) is 0 Å². The second-order valence-electron chi connectivity index (χ2n) is 2.03. The maximum atomic E-state index is 9.78. The minimum Gasteiger partial charge on any atom is -0.370 e. The number of rotatable bonds is 2. The molecule has 0 unspecified atom stereocenters. The van der Waals surface area contributed by atoms with Gasteiger partial charge in [0.1, 0.15) is 0 Å². The molecule has 0 aromatic rings. The molecule has 0 aliphatic heterocycles. The molecule has 0 aromatic heterocycles. The Labute approximate surface area is 71.2 Å². The standard InChI is InChI=1S/C3H8O4S.CH5N3/c1-3(2)7-8(4,5)6;2-1(3)4/h3H,1-2H3,(H,4,5,6);(H5,2,3,4). The molecule has 0 atom stereocenters. The average Bonchev–Trinajstić information content (AvgIpc) is 1.52. The third-order valence-corrected chi connectivity index (χ3v) is 0.942. The minimum absolute atomic E-state index is 0.333. The van der Waals surface area contributed by atoms with Gasteiger partial charge in [-0.1, -0.05) is 0 Å². The molecule has 0 aromatic carbocycles. The first kappa shape index (κ1) is 13.7. The molecule has 0 radical (unpaired) electrons. The summed E-state index contributed by atoms with van der Waals surface area (Å²) >= 11 is 0. The first-order valence-electron chi connectivity index (χ1n) is 2.90. The van der Waals surface area contributed by atoms with Crippen molar-refractivity contribution in [2.45, 2.75) is 20.0 Å². The summed E-state index contributed by atoms with van der Waals surface area (Å²) in [6.07, 6.45) is -0.495. The van der Waals surface area contributed by atoms with Crippen LogP contribution in [0.2, 0.25) is 0 Å². The van der Waals surface area contributed by atoms with E-state index in [4.69, 9.17) is 9.96 Å². The van der Waals surface area contributed by atoms with E-state index in [1.807, 2.05) is 0 Å². The molecule has 0 rings (SSSR count). The number of hydrogen-bond donors (Lipinski definition) is 4. The van der Waals surface area contributed by atoms with Crippen LogP contribution in [0.15, 0.2) is 0 Å². The van der Waals surface area contributed by atoms with Crippen LogP contribution in [0.5, 0.6) is 0 Å². The first-order valence-corrected chi connectivity index (χ1v) is 4.27. The SMILES string of the molecule is CC(C)OS(=O)(=O)O.N=C(N)N. The lowest BCUT2D eigenvalue weighted by Crippen LogP contribution is -2.20. The molecule has 0 saturated carbocycles. The van der Waals surface area contributed by atoms with Crippen molar-refractivity contribution in [2.75, 3.05) is 0 Å². The maximum Gasteiger partial charge on any atom is 0.397 e. The fraction of sp³-hybridized carbons (Fsp3) is 0.750. The van der Waals surface area contributed by atoms with Crippen LogP contribution in [0.3, 0.4) is 0 Å². The van der Waals surface area contributed by atoms with Gasteiger partial charge in [-0.2, -0.15) is 8.42 Å². The normalized spacial score (nSPS) is 10.3. The highest BCUT2D eigenvalue weighted by atomic mass is 32.3. The Bertz CT molecular complexity index is 218. The van der Waals surface area contributed by atoms with Crippen molar-refractivity contribution in [3.8, 4) is 0 Å². The van der Waals surface area contributed by atoms with Crippen LogP contribution in [0.1, 0.15) is 13.8 Å². The van der Waals surface area contributed by atoms with Crippen LogP contribution in [0.25, 0.3) is 0 Å². The Hall–Kier alpha value is -0.860. The molecular formula is C4H13N3O4S. The molecule has 7 nitrogen and oxygen atoms in total. The summed E-state index contributed by atoms with van der Waals surface area (Å²) in [4.78, 5) is 0. The summed E-state index contributed by atoms with van der Waals surface area (Å²) in [7, 11) is -4.22. The molecule has 0 heterocycles. The van der Waals surface area contributed by atoms with Gasteiger partial charge in [0, 0.05) is 0 Å². The van der Waals surface area contributed by atoms with Gasteiger partial charge in [-0.3, -0.25) is 9.96 Å². The second kappa shape index (κ2) is 5.75. The van der Waals surface area contributed by atoms with Crippen molar-refractivity contribution in [1.29, 1.82) is 5.41 Å². The molecule has 0 amide bonds. The fourth-order valence-corrected chi connectivity index (χ4v) is 0.730. The van der Waals surface area contributed by atoms with E-state index in [9.17, 15) is 8.42 Å². The highest BCUT2D eigenvalue weighted by Crippen LogP contribution is 1.92. The summed E-state index contributed by atoms with van der Waals surface area (Å²) in [6.45, 7) is 3.02. The van der Waals surface area contributed by atoms with Crippen molar-refractivity contribution in [2.24, 2.45) is 11.5 Å². The fourth-order valence-electron chi connectivity index (χ4n) is 0.243. The van der Waals surface area contributed by atoms with E-state index in [1.54, 1.807) is 0 Å². The number of nitrogens with one attached hydrogen (secondary N) is 1. The maximum absolute atomic E-state index is 9.78. The molecule has 8 heteroatoms. The van der Waals surface area contributed by atoms with Crippen LogP contribution < -0.4 is 11.5 Å². The van der Waals surface area contributed by atoms with E-state index < -0.39 is 16.5 Å². The summed E-state index contributed by atoms with van der Waals surface area (Å²) in [5.41, 5.74) is 8.94. The molecular weight excluding hydrogens is 186 g/mol. The smallest absolute Gasteiger partial charge is 0.370 e. The van der Waals surface area contributed by atoms with Gasteiger partial charge in [0.05, 0.1) is 6.10 Å². The minimum atomic E-state index is -4.22. The highest BCUT2D eigenvalue weighted by molar-refractivity contribution is 7.80. The van der Waals surface area contributed by atoms with Crippen LogP contribution in [-0.4, -0.2) is 25.0 Å². The Balaban J connectivity index is 0. The van der Waals surface area contributed by atoms with E-state index in [-0.39, 0.29) is 5.96 Å². The molecule has 0 bridgehead atoms. The van der Waals surface area contributed by atoms with E-state index in [2.05, 4.69) is 15.7 Å². The van der Waals surface area contributed by atoms with Crippen LogP contribution in [0, 0.1) is 5.41 Å². The molecule has 74 valence electrons. The number of guanidine groups is 1. The molecule has 6 N–H and O–H groups in total. The Morgan fingerprint density at radius 2 is 1.75 bits per heavy atom. The predicted molar refractivity (Wildman–Crippen MR) is 43.9 cm³/mol. The average molecular weight is 199 g/mol. The van der Waals surface area contributed by atoms with Gasteiger partial charge < -0.3 is 11.5 Å². The topological polar surface area (TPSA) is 139 Å². The Morgan fingerprint density at radius 3 is 1.75 bits per heavy atom. The first-order chi connectivity index (χ1) is 5.15. The molecule has 0 spiro atoms. The molecule has 0 aliphatic carbocycles. The summed E-state index contributed by atoms with van der Waals surface area (Å²) in [5, 5.41) is 6.06. The van der Waals surface area contributed by atoms with Crippen LogP contribution in [0.4, 0.5) is 0 Å². The van der Waals surface area contributed by atoms with Gasteiger partial charge in [0.25, 0.3) is 0 Å². The Morgan fingerprint density at radius 1 is 1.50 bits per heavy atom. The van der Waals surface area contributed by atoms with E-state index in [0.29, 0.717) is 0 Å². The quantitative estimate of drug-likeness (QED) is 0.257. The van der Waals surface area contributed by atoms with Crippen molar-refractivity contribution < 1.29 is 17.2 Å². The van der Waals surface area contributed by atoms with E-state index in [1.165, 1.54) is 13.8 Å². The largest absolute Gasteiger partial charge is 0.397 e. The van der Waals surface area contributed by atoms with Gasteiger partial charge in [0.2, 0.25) is 0 Å². The lowest BCUT2D eigenvalue weighted by atomic mass is 10.5. The van der Waals surface area contributed by atoms with Crippen molar-refractivity contribution in [3.05, 3.63) is 0 Å². The summed E-state index contributed by atoms with van der Waals surface area (Å²) in [6, 6.07) is 0. The van der Waals surface area contributed by atoms with Gasteiger partial charge in [0.15, 0.2) is 5.96 Å². The van der Waals surface area contributed by atoms with Gasteiger partial charge >= 0.3 is 10.4 Å². The van der Waals surface area contributed by atoms with Gasteiger partial charge in [-0.25, -0.2) is 4.18 Å². The monoisotopic (exact) mass is 199 g/mol. The highest BCUT2D eigenvalue weighted by Gasteiger charge is 2.05. The Kier molecular flexibility index (Phi) is 6.57. The van der Waals surface area contributed by atoms with Crippen molar-refractivity contribution in [3.63, 3.8) is 0 Å². The zero-order chi connectivity index (χ0) is 10.4. The predicted octanol–water partition coefficient (Wildman–Crippen LogP) is -0.947. The van der Waals surface area contributed by atoms with Crippen LogP contribution >= 0.6 is 0 Å². The molecule has 0 saturated heterocycles. The van der Waals surface area contributed by atoms with Crippen molar-refractivity contribution >= 4 is 16.4 Å². The van der Waals surface area contributed by atoms with E-state index >= 15 is 0 Å². The second-order valence-corrected chi connectivity index (χ2v) is 3.08. The third kappa shape index (κ3) is 35.3. The number of nitrogens with two attached hydrogens (primary N) is 2. The molecule has 0 aliphatic rings.